The van der Waals surface area contributed by atoms with Gasteiger partial charge in [-0.2, -0.15) is 0 Å². The summed E-state index contributed by atoms with van der Waals surface area (Å²) in [6, 6.07) is 8.80. The first-order chi connectivity index (χ1) is 8.30. The molecular formula is C16H29N. The summed E-state index contributed by atoms with van der Waals surface area (Å²) in [5.74, 6) is 0.857. The number of rotatable bonds is 6. The third kappa shape index (κ3) is 6.35. The fourth-order valence-corrected chi connectivity index (χ4v) is 2.00. The van der Waals surface area contributed by atoms with E-state index in [1.54, 1.807) is 0 Å². The highest BCUT2D eigenvalue weighted by Gasteiger charge is 2.05. The van der Waals surface area contributed by atoms with Gasteiger partial charge in [-0.05, 0) is 30.0 Å². The SMILES string of the molecule is CC.CCCC(CC)Cc1ccc(NC)cc1. The van der Waals surface area contributed by atoms with Gasteiger partial charge in [0.1, 0.15) is 0 Å². The Morgan fingerprint density at radius 3 is 2.06 bits per heavy atom. The average Bonchev–Trinajstić information content (AvgIpc) is 2.41. The fourth-order valence-electron chi connectivity index (χ4n) is 2.00. The lowest BCUT2D eigenvalue weighted by atomic mass is 9.93. The van der Waals surface area contributed by atoms with Crippen molar-refractivity contribution in [2.45, 2.75) is 53.4 Å². The number of benzene rings is 1. The van der Waals surface area contributed by atoms with Gasteiger partial charge >= 0.3 is 0 Å². The molecule has 1 N–H and O–H groups in total. The molecule has 0 fully saturated rings. The lowest BCUT2D eigenvalue weighted by molar-refractivity contribution is 0.462. The van der Waals surface area contributed by atoms with Crippen LogP contribution in [0, 0.1) is 5.92 Å². The molecule has 17 heavy (non-hydrogen) atoms. The Hall–Kier alpha value is -0.980. The Morgan fingerprint density at radius 1 is 1.06 bits per heavy atom. The minimum absolute atomic E-state index is 0.857. The van der Waals surface area contributed by atoms with Gasteiger partial charge in [-0.15, -0.1) is 0 Å². The second-order valence-corrected chi connectivity index (χ2v) is 4.21. The normalized spacial score (nSPS) is 11.4. The minimum atomic E-state index is 0.857. The van der Waals surface area contributed by atoms with Crippen LogP contribution in [0.3, 0.4) is 0 Å². The van der Waals surface area contributed by atoms with Crippen LogP contribution in [-0.2, 0) is 6.42 Å². The molecule has 0 spiro atoms. The highest BCUT2D eigenvalue weighted by atomic mass is 14.8. The molecule has 0 heterocycles. The predicted molar refractivity (Wildman–Crippen MR) is 79.7 cm³/mol. The smallest absolute Gasteiger partial charge is 0.0337 e. The maximum absolute atomic E-state index is 3.15. The summed E-state index contributed by atoms with van der Waals surface area (Å²) >= 11 is 0. The summed E-state index contributed by atoms with van der Waals surface area (Å²) in [5.41, 5.74) is 2.66. The quantitative estimate of drug-likeness (QED) is 0.721. The standard InChI is InChI=1S/C14H23N.C2H6/c1-4-6-12(5-2)11-13-7-9-14(15-3)10-8-13;1-2/h7-10,12,15H,4-6,11H2,1-3H3;1-2H3. The number of hydrogen-bond donors (Lipinski definition) is 1. The summed E-state index contributed by atoms with van der Waals surface area (Å²) in [7, 11) is 1.96. The molecule has 1 aromatic carbocycles. The van der Waals surface area contributed by atoms with Crippen molar-refractivity contribution in [3.05, 3.63) is 29.8 Å². The van der Waals surface area contributed by atoms with Gasteiger partial charge in [-0.1, -0.05) is 59.1 Å². The summed E-state index contributed by atoms with van der Waals surface area (Å²) < 4.78 is 0. The second kappa shape index (κ2) is 10.2. The molecule has 0 bridgehead atoms. The van der Waals surface area contributed by atoms with Gasteiger partial charge in [0.15, 0.2) is 0 Å². The lowest BCUT2D eigenvalue weighted by Gasteiger charge is -2.13. The first kappa shape index (κ1) is 16.0. The van der Waals surface area contributed by atoms with E-state index in [0.717, 1.165) is 5.92 Å². The molecule has 0 amide bonds. The maximum atomic E-state index is 3.15. The lowest BCUT2D eigenvalue weighted by Crippen LogP contribution is -2.02. The van der Waals surface area contributed by atoms with E-state index in [9.17, 15) is 0 Å². The summed E-state index contributed by atoms with van der Waals surface area (Å²) in [6.45, 7) is 8.56. The van der Waals surface area contributed by atoms with Gasteiger partial charge in [0.05, 0.1) is 0 Å². The molecule has 0 saturated heterocycles. The molecule has 1 nitrogen and oxygen atoms in total. The topological polar surface area (TPSA) is 12.0 Å². The Balaban J connectivity index is 0.00000121. The third-order valence-corrected chi connectivity index (χ3v) is 3.04. The highest BCUT2D eigenvalue weighted by molar-refractivity contribution is 5.43. The summed E-state index contributed by atoms with van der Waals surface area (Å²) in [4.78, 5) is 0. The van der Waals surface area contributed by atoms with Crippen molar-refractivity contribution in [3.63, 3.8) is 0 Å². The van der Waals surface area contributed by atoms with E-state index in [4.69, 9.17) is 0 Å². The van der Waals surface area contributed by atoms with Gasteiger partial charge < -0.3 is 5.32 Å². The minimum Gasteiger partial charge on any atom is -0.388 e. The molecule has 0 radical (unpaired) electrons. The van der Waals surface area contributed by atoms with Crippen LogP contribution >= 0.6 is 0 Å². The van der Waals surface area contributed by atoms with Crippen LogP contribution in [-0.4, -0.2) is 7.05 Å². The van der Waals surface area contributed by atoms with Crippen LogP contribution in [0.2, 0.25) is 0 Å². The highest BCUT2D eigenvalue weighted by Crippen LogP contribution is 2.18. The van der Waals surface area contributed by atoms with Gasteiger partial charge in [-0.25, -0.2) is 0 Å². The molecule has 1 aromatic rings. The zero-order valence-electron chi connectivity index (χ0n) is 12.2. The first-order valence-corrected chi connectivity index (χ1v) is 7.06. The van der Waals surface area contributed by atoms with Crippen molar-refractivity contribution in [1.29, 1.82) is 0 Å². The average molecular weight is 235 g/mol. The van der Waals surface area contributed by atoms with Crippen LogP contribution in [0.5, 0.6) is 0 Å². The van der Waals surface area contributed by atoms with Crippen molar-refractivity contribution in [2.75, 3.05) is 12.4 Å². The Morgan fingerprint density at radius 2 is 1.65 bits per heavy atom. The van der Waals surface area contributed by atoms with Crippen LogP contribution < -0.4 is 5.32 Å². The van der Waals surface area contributed by atoms with Gasteiger partial charge in [-0.3, -0.25) is 0 Å². The van der Waals surface area contributed by atoms with Crippen LogP contribution in [0.15, 0.2) is 24.3 Å². The number of nitrogens with one attached hydrogen (secondary N) is 1. The third-order valence-electron chi connectivity index (χ3n) is 3.04. The van der Waals surface area contributed by atoms with E-state index in [1.165, 1.54) is 36.9 Å². The Kier molecular flexibility index (Phi) is 9.60. The van der Waals surface area contributed by atoms with E-state index in [2.05, 4.69) is 43.4 Å². The molecule has 0 aromatic heterocycles. The van der Waals surface area contributed by atoms with Gasteiger partial charge in [0.25, 0.3) is 0 Å². The molecule has 98 valence electrons. The van der Waals surface area contributed by atoms with Gasteiger partial charge in [0, 0.05) is 12.7 Å². The molecule has 1 heteroatoms. The van der Waals surface area contributed by atoms with E-state index in [0.29, 0.717) is 0 Å². The van der Waals surface area contributed by atoms with Crippen molar-refractivity contribution in [2.24, 2.45) is 5.92 Å². The van der Waals surface area contributed by atoms with Crippen LogP contribution in [0.1, 0.15) is 52.5 Å². The van der Waals surface area contributed by atoms with E-state index in [1.807, 2.05) is 20.9 Å². The number of anilines is 1. The van der Waals surface area contributed by atoms with Crippen molar-refractivity contribution < 1.29 is 0 Å². The fraction of sp³-hybridized carbons (Fsp3) is 0.625. The number of hydrogen-bond acceptors (Lipinski definition) is 1. The van der Waals surface area contributed by atoms with Crippen molar-refractivity contribution in [1.82, 2.24) is 0 Å². The largest absolute Gasteiger partial charge is 0.388 e. The van der Waals surface area contributed by atoms with Crippen LogP contribution in [0.25, 0.3) is 0 Å². The molecule has 0 aliphatic heterocycles. The van der Waals surface area contributed by atoms with Crippen molar-refractivity contribution >= 4 is 5.69 Å². The second-order valence-electron chi connectivity index (χ2n) is 4.21. The van der Waals surface area contributed by atoms with E-state index in [-0.39, 0.29) is 0 Å². The predicted octanol–water partition coefficient (Wildman–Crippen LogP) is 5.12. The van der Waals surface area contributed by atoms with E-state index < -0.39 is 0 Å². The van der Waals surface area contributed by atoms with Crippen molar-refractivity contribution in [3.8, 4) is 0 Å². The monoisotopic (exact) mass is 235 g/mol. The Labute approximate surface area is 108 Å². The molecule has 0 aliphatic rings. The molecule has 0 saturated carbocycles. The summed E-state index contributed by atoms with van der Waals surface area (Å²) in [6.07, 6.45) is 5.17. The molecule has 1 unspecified atom stereocenters. The molecule has 1 atom stereocenters. The maximum Gasteiger partial charge on any atom is 0.0337 e. The molecule has 1 rings (SSSR count). The van der Waals surface area contributed by atoms with E-state index >= 15 is 0 Å². The molecule has 0 aliphatic carbocycles. The Bertz CT molecular complexity index is 263. The van der Waals surface area contributed by atoms with Gasteiger partial charge in [0.2, 0.25) is 0 Å². The van der Waals surface area contributed by atoms with Crippen LogP contribution in [0.4, 0.5) is 5.69 Å². The first-order valence-electron chi connectivity index (χ1n) is 7.06. The zero-order chi connectivity index (χ0) is 13.1. The summed E-state index contributed by atoms with van der Waals surface area (Å²) in [5, 5.41) is 3.15. The molecular weight excluding hydrogens is 206 g/mol. The zero-order valence-corrected chi connectivity index (χ0v) is 12.2.